The molecule has 0 amide bonds. The van der Waals surface area contributed by atoms with Crippen LogP contribution in [0, 0.1) is 5.92 Å². The Bertz CT molecular complexity index is 187. The summed E-state index contributed by atoms with van der Waals surface area (Å²) in [5, 5.41) is 9.12. The van der Waals surface area contributed by atoms with E-state index >= 15 is 0 Å². The summed E-state index contributed by atoms with van der Waals surface area (Å²) < 4.78 is 0. The minimum absolute atomic E-state index is 0.343. The molecule has 54 valence electrons. The van der Waals surface area contributed by atoms with E-state index in [-0.39, 0.29) is 0 Å². The summed E-state index contributed by atoms with van der Waals surface area (Å²) in [7, 11) is 0. The van der Waals surface area contributed by atoms with Gasteiger partial charge < -0.3 is 5.11 Å². The van der Waals surface area contributed by atoms with Crippen molar-refractivity contribution in [2.75, 3.05) is 0 Å². The van der Waals surface area contributed by atoms with Gasteiger partial charge in [-0.2, -0.15) is 0 Å². The van der Waals surface area contributed by atoms with Gasteiger partial charge in [-0.1, -0.05) is 24.6 Å². The van der Waals surface area contributed by atoms with Crippen LogP contribution in [-0.4, -0.2) is 5.11 Å². The highest BCUT2D eigenvalue weighted by molar-refractivity contribution is 5.28. The molecular weight excluding hydrogens is 124 g/mol. The number of aliphatic hydroxyl groups is 1. The molecular formula is C9H12O. The standard InChI is InChI=1S/C9H12O/c1-7-3-4-9(10)6-8(2)5-7/h3-6,8,10H,1-2H3. The summed E-state index contributed by atoms with van der Waals surface area (Å²) in [5.41, 5.74) is 1.20. The Morgan fingerprint density at radius 3 is 2.70 bits per heavy atom. The highest BCUT2D eigenvalue weighted by Gasteiger charge is 1.98. The lowest BCUT2D eigenvalue weighted by molar-refractivity contribution is 0.428. The van der Waals surface area contributed by atoms with Gasteiger partial charge in [0.15, 0.2) is 0 Å². The summed E-state index contributed by atoms with van der Waals surface area (Å²) in [5.74, 6) is 0.704. The lowest BCUT2D eigenvalue weighted by Crippen LogP contribution is -1.83. The van der Waals surface area contributed by atoms with E-state index in [1.165, 1.54) is 5.57 Å². The van der Waals surface area contributed by atoms with Crippen LogP contribution >= 0.6 is 0 Å². The molecule has 1 unspecified atom stereocenters. The van der Waals surface area contributed by atoms with E-state index in [0.29, 0.717) is 11.7 Å². The molecule has 1 aliphatic carbocycles. The number of aliphatic hydroxyl groups excluding tert-OH is 1. The topological polar surface area (TPSA) is 20.2 Å². The van der Waals surface area contributed by atoms with Gasteiger partial charge in [-0.3, -0.25) is 0 Å². The molecule has 0 radical (unpaired) electrons. The zero-order valence-corrected chi connectivity index (χ0v) is 6.33. The second-order valence-corrected chi connectivity index (χ2v) is 2.69. The summed E-state index contributed by atoms with van der Waals surface area (Å²) in [6.45, 7) is 4.08. The molecule has 10 heavy (non-hydrogen) atoms. The van der Waals surface area contributed by atoms with Crippen molar-refractivity contribution in [2.45, 2.75) is 13.8 Å². The Kier molecular flexibility index (Phi) is 1.95. The highest BCUT2D eigenvalue weighted by Crippen LogP contribution is 2.12. The fraction of sp³-hybridized carbons (Fsp3) is 0.333. The molecule has 0 aliphatic heterocycles. The quantitative estimate of drug-likeness (QED) is 0.542. The van der Waals surface area contributed by atoms with Crippen molar-refractivity contribution >= 4 is 0 Å². The molecule has 0 spiro atoms. The van der Waals surface area contributed by atoms with Crippen molar-refractivity contribution in [1.29, 1.82) is 0 Å². The van der Waals surface area contributed by atoms with Crippen LogP contribution in [0.2, 0.25) is 0 Å². The maximum atomic E-state index is 9.12. The summed E-state index contributed by atoms with van der Waals surface area (Å²) in [4.78, 5) is 0. The maximum absolute atomic E-state index is 9.12. The van der Waals surface area contributed by atoms with Crippen molar-refractivity contribution in [1.82, 2.24) is 0 Å². The molecule has 1 N–H and O–H groups in total. The van der Waals surface area contributed by atoms with Crippen LogP contribution in [0.4, 0.5) is 0 Å². The first-order chi connectivity index (χ1) is 4.68. The second kappa shape index (κ2) is 2.74. The zero-order chi connectivity index (χ0) is 7.56. The monoisotopic (exact) mass is 136 g/mol. The van der Waals surface area contributed by atoms with Crippen LogP contribution in [-0.2, 0) is 0 Å². The largest absolute Gasteiger partial charge is 0.508 e. The van der Waals surface area contributed by atoms with E-state index in [2.05, 4.69) is 6.08 Å². The van der Waals surface area contributed by atoms with Gasteiger partial charge in [0, 0.05) is 0 Å². The van der Waals surface area contributed by atoms with Crippen LogP contribution in [0.15, 0.2) is 35.6 Å². The maximum Gasteiger partial charge on any atom is 0.112 e. The highest BCUT2D eigenvalue weighted by atomic mass is 16.3. The van der Waals surface area contributed by atoms with Crippen LogP contribution in [0.25, 0.3) is 0 Å². The van der Waals surface area contributed by atoms with Crippen molar-refractivity contribution in [3.63, 3.8) is 0 Å². The number of rotatable bonds is 0. The minimum Gasteiger partial charge on any atom is -0.508 e. The Balaban J connectivity index is 2.87. The van der Waals surface area contributed by atoms with Gasteiger partial charge in [0.2, 0.25) is 0 Å². The Labute approximate surface area is 61.4 Å². The fourth-order valence-corrected chi connectivity index (χ4v) is 1.06. The predicted molar refractivity (Wildman–Crippen MR) is 42.8 cm³/mol. The average molecular weight is 136 g/mol. The summed E-state index contributed by atoms with van der Waals surface area (Å²) >= 11 is 0. The van der Waals surface area contributed by atoms with Crippen LogP contribution in [0.5, 0.6) is 0 Å². The molecule has 0 aromatic rings. The van der Waals surface area contributed by atoms with E-state index in [4.69, 9.17) is 5.11 Å². The van der Waals surface area contributed by atoms with E-state index in [0.717, 1.165) is 0 Å². The third-order valence-corrected chi connectivity index (χ3v) is 1.48. The molecule has 0 saturated heterocycles. The van der Waals surface area contributed by atoms with E-state index in [1.807, 2.05) is 26.0 Å². The Morgan fingerprint density at radius 2 is 2.00 bits per heavy atom. The minimum atomic E-state index is 0.343. The van der Waals surface area contributed by atoms with Gasteiger partial charge in [-0.25, -0.2) is 0 Å². The van der Waals surface area contributed by atoms with Gasteiger partial charge in [0.1, 0.15) is 5.76 Å². The fourth-order valence-electron chi connectivity index (χ4n) is 1.06. The van der Waals surface area contributed by atoms with Gasteiger partial charge >= 0.3 is 0 Å². The lowest BCUT2D eigenvalue weighted by atomic mass is 10.1. The van der Waals surface area contributed by atoms with Crippen molar-refractivity contribution in [3.8, 4) is 0 Å². The third-order valence-electron chi connectivity index (χ3n) is 1.48. The number of allylic oxidation sites excluding steroid dienone is 5. The first-order valence-electron chi connectivity index (χ1n) is 3.46. The molecule has 0 saturated carbocycles. The number of hydrogen-bond acceptors (Lipinski definition) is 1. The molecule has 1 atom stereocenters. The predicted octanol–water partition coefficient (Wildman–Crippen LogP) is 2.58. The SMILES string of the molecule is CC1=CC(C)C=C(O)C=C1. The van der Waals surface area contributed by atoms with E-state index in [9.17, 15) is 0 Å². The van der Waals surface area contributed by atoms with Gasteiger partial charge in [-0.05, 0) is 25.0 Å². The summed E-state index contributed by atoms with van der Waals surface area (Å²) in [6, 6.07) is 0. The van der Waals surface area contributed by atoms with Crippen LogP contribution in [0.1, 0.15) is 13.8 Å². The Morgan fingerprint density at radius 1 is 1.30 bits per heavy atom. The third kappa shape index (κ3) is 1.76. The molecule has 0 heterocycles. The van der Waals surface area contributed by atoms with Crippen LogP contribution in [0.3, 0.4) is 0 Å². The van der Waals surface area contributed by atoms with Crippen LogP contribution < -0.4 is 0 Å². The Hall–Kier alpha value is -0.980. The normalized spacial score (nSPS) is 25.2. The smallest absolute Gasteiger partial charge is 0.112 e. The average Bonchev–Trinajstić information content (AvgIpc) is 1.93. The van der Waals surface area contributed by atoms with Gasteiger partial charge in [0.05, 0.1) is 0 Å². The molecule has 1 rings (SSSR count). The number of hydrogen-bond donors (Lipinski definition) is 1. The first kappa shape index (κ1) is 7.13. The van der Waals surface area contributed by atoms with Crippen molar-refractivity contribution in [2.24, 2.45) is 5.92 Å². The molecule has 1 heteroatoms. The molecule has 0 aromatic carbocycles. The molecule has 1 nitrogen and oxygen atoms in total. The molecule has 0 bridgehead atoms. The van der Waals surface area contributed by atoms with Crippen molar-refractivity contribution < 1.29 is 5.11 Å². The molecule has 1 aliphatic rings. The lowest BCUT2D eigenvalue weighted by Gasteiger charge is -1.96. The van der Waals surface area contributed by atoms with E-state index in [1.54, 1.807) is 6.08 Å². The van der Waals surface area contributed by atoms with E-state index < -0.39 is 0 Å². The van der Waals surface area contributed by atoms with Crippen molar-refractivity contribution in [3.05, 3.63) is 35.6 Å². The van der Waals surface area contributed by atoms with Gasteiger partial charge in [0.25, 0.3) is 0 Å². The second-order valence-electron chi connectivity index (χ2n) is 2.69. The zero-order valence-electron chi connectivity index (χ0n) is 6.33. The summed E-state index contributed by atoms with van der Waals surface area (Å²) in [6.07, 6.45) is 7.57. The molecule has 0 fully saturated rings. The van der Waals surface area contributed by atoms with Gasteiger partial charge in [-0.15, -0.1) is 0 Å². The first-order valence-corrected chi connectivity index (χ1v) is 3.46. The molecule has 0 aromatic heterocycles.